The Bertz CT molecular complexity index is 891. The summed E-state index contributed by atoms with van der Waals surface area (Å²) in [6.07, 6.45) is 1.10. The summed E-state index contributed by atoms with van der Waals surface area (Å²) in [5.41, 5.74) is 4.03. The molecule has 0 aliphatic rings. The number of nitro groups is 1. The van der Waals surface area contributed by atoms with Gasteiger partial charge in [0.15, 0.2) is 18.1 Å². The minimum absolute atomic E-state index is 0.0353. The highest BCUT2D eigenvalue weighted by molar-refractivity contribution is 5.87. The summed E-state index contributed by atoms with van der Waals surface area (Å²) in [7, 11) is 0. The number of ether oxygens (including phenoxy) is 2. The Morgan fingerprint density at radius 2 is 1.89 bits per heavy atom. The molecule has 0 aliphatic heterocycles. The molecule has 0 spiro atoms. The smallest absolute Gasteiger partial charge is 0.277 e. The topological polar surface area (TPSA) is 123 Å². The second-order valence-corrected chi connectivity index (χ2v) is 5.98. The van der Waals surface area contributed by atoms with Gasteiger partial charge in [-0.2, -0.15) is 5.10 Å². The van der Waals surface area contributed by atoms with Gasteiger partial charge in [-0.05, 0) is 44.0 Å². The summed E-state index contributed by atoms with van der Waals surface area (Å²) in [5, 5.41) is 24.8. The molecular formula is C19H21N3O6. The molecule has 28 heavy (non-hydrogen) atoms. The second-order valence-electron chi connectivity index (χ2n) is 5.98. The number of amides is 1. The van der Waals surface area contributed by atoms with Crippen molar-refractivity contribution < 1.29 is 24.3 Å². The van der Waals surface area contributed by atoms with E-state index < -0.39 is 10.8 Å². The number of aryl methyl sites for hydroxylation is 2. The van der Waals surface area contributed by atoms with Crippen molar-refractivity contribution in [3.05, 3.63) is 57.1 Å². The van der Waals surface area contributed by atoms with E-state index in [0.717, 1.165) is 29.5 Å². The van der Waals surface area contributed by atoms with Crippen LogP contribution in [-0.4, -0.2) is 35.4 Å². The molecule has 0 heterocycles. The lowest BCUT2D eigenvalue weighted by Gasteiger charge is -2.08. The standard InChI is InChI=1S/C19H21N3O6/c1-4-27-17-9-15(22(25)26)8-14(19(17)24)10-20-21-18(23)11-28-16-6-12(2)5-13(3)7-16/h5-10,24H,4,11H2,1-3H3,(H,21,23). The molecule has 0 saturated carbocycles. The van der Waals surface area contributed by atoms with Crippen molar-refractivity contribution in [1.82, 2.24) is 5.43 Å². The lowest BCUT2D eigenvalue weighted by atomic mass is 10.1. The van der Waals surface area contributed by atoms with Gasteiger partial charge in [0.1, 0.15) is 5.75 Å². The number of benzene rings is 2. The van der Waals surface area contributed by atoms with Crippen LogP contribution in [0.15, 0.2) is 35.4 Å². The highest BCUT2D eigenvalue weighted by Crippen LogP contribution is 2.33. The molecule has 2 rings (SSSR count). The average Bonchev–Trinajstić information content (AvgIpc) is 2.62. The van der Waals surface area contributed by atoms with Crippen molar-refractivity contribution in [3.63, 3.8) is 0 Å². The van der Waals surface area contributed by atoms with Crippen LogP contribution in [0.2, 0.25) is 0 Å². The number of non-ortho nitro benzene ring substituents is 1. The molecule has 0 bridgehead atoms. The van der Waals surface area contributed by atoms with E-state index in [2.05, 4.69) is 10.5 Å². The summed E-state index contributed by atoms with van der Waals surface area (Å²) in [6, 6.07) is 7.84. The van der Waals surface area contributed by atoms with E-state index in [0.29, 0.717) is 5.75 Å². The number of hydrogen-bond acceptors (Lipinski definition) is 7. The van der Waals surface area contributed by atoms with Crippen LogP contribution >= 0.6 is 0 Å². The number of hydrogen-bond donors (Lipinski definition) is 2. The van der Waals surface area contributed by atoms with Gasteiger partial charge in [-0.1, -0.05) is 6.07 Å². The van der Waals surface area contributed by atoms with Gasteiger partial charge >= 0.3 is 0 Å². The van der Waals surface area contributed by atoms with Gasteiger partial charge in [0.05, 0.1) is 23.8 Å². The average molecular weight is 387 g/mol. The Kier molecular flexibility index (Phi) is 6.91. The molecule has 9 heteroatoms. The molecule has 0 atom stereocenters. The highest BCUT2D eigenvalue weighted by Gasteiger charge is 2.16. The van der Waals surface area contributed by atoms with Crippen LogP contribution in [0.4, 0.5) is 5.69 Å². The van der Waals surface area contributed by atoms with E-state index >= 15 is 0 Å². The number of nitrogens with zero attached hydrogens (tertiary/aromatic N) is 2. The highest BCUT2D eigenvalue weighted by atomic mass is 16.6. The minimum Gasteiger partial charge on any atom is -0.504 e. The zero-order chi connectivity index (χ0) is 20.7. The van der Waals surface area contributed by atoms with E-state index in [9.17, 15) is 20.0 Å². The Hall–Kier alpha value is -3.62. The number of hydrazone groups is 1. The first kappa shape index (κ1) is 20.7. The predicted octanol–water partition coefficient (Wildman–Crippen LogP) is 2.85. The van der Waals surface area contributed by atoms with Crippen LogP contribution in [0.1, 0.15) is 23.6 Å². The van der Waals surface area contributed by atoms with E-state index in [4.69, 9.17) is 9.47 Å². The number of aromatic hydroxyl groups is 1. The molecule has 2 aromatic rings. The molecule has 0 fully saturated rings. The Morgan fingerprint density at radius 1 is 1.21 bits per heavy atom. The van der Waals surface area contributed by atoms with Crippen molar-refractivity contribution in [3.8, 4) is 17.2 Å². The van der Waals surface area contributed by atoms with Crippen LogP contribution in [0.25, 0.3) is 0 Å². The number of nitro benzene ring substituents is 1. The summed E-state index contributed by atoms with van der Waals surface area (Å²) >= 11 is 0. The van der Waals surface area contributed by atoms with Crippen molar-refractivity contribution in [1.29, 1.82) is 0 Å². The fraction of sp³-hybridized carbons (Fsp3) is 0.263. The Balaban J connectivity index is 2.03. The maximum atomic E-state index is 11.9. The van der Waals surface area contributed by atoms with Crippen molar-refractivity contribution in [2.75, 3.05) is 13.2 Å². The third-order valence-electron chi connectivity index (χ3n) is 3.56. The van der Waals surface area contributed by atoms with Gasteiger partial charge in [-0.15, -0.1) is 0 Å². The fourth-order valence-corrected chi connectivity index (χ4v) is 2.45. The molecule has 148 valence electrons. The number of carbonyl (C=O) groups is 1. The SMILES string of the molecule is CCOc1cc([N+](=O)[O-])cc(C=NNC(=O)COc2cc(C)cc(C)c2)c1O. The predicted molar refractivity (Wildman–Crippen MR) is 103 cm³/mol. The fourth-order valence-electron chi connectivity index (χ4n) is 2.45. The van der Waals surface area contributed by atoms with Crippen molar-refractivity contribution in [2.24, 2.45) is 5.10 Å². The summed E-state index contributed by atoms with van der Waals surface area (Å²) in [6.45, 7) is 5.49. The third-order valence-corrected chi connectivity index (χ3v) is 3.56. The number of nitrogens with one attached hydrogen (secondary N) is 1. The second kappa shape index (κ2) is 9.36. The Morgan fingerprint density at radius 3 is 2.50 bits per heavy atom. The summed E-state index contributed by atoms with van der Waals surface area (Å²) in [5.74, 6) is -0.306. The maximum Gasteiger partial charge on any atom is 0.277 e. The van der Waals surface area contributed by atoms with Gasteiger partial charge in [0.25, 0.3) is 11.6 Å². The summed E-state index contributed by atoms with van der Waals surface area (Å²) in [4.78, 5) is 22.3. The number of phenols is 1. The van der Waals surface area contributed by atoms with Gasteiger partial charge in [0, 0.05) is 11.6 Å². The van der Waals surface area contributed by atoms with Gasteiger partial charge < -0.3 is 14.6 Å². The van der Waals surface area contributed by atoms with Crippen LogP contribution in [0, 0.1) is 24.0 Å². The normalized spacial score (nSPS) is 10.7. The van der Waals surface area contributed by atoms with Crippen LogP contribution < -0.4 is 14.9 Å². The first-order valence-electron chi connectivity index (χ1n) is 8.47. The number of phenolic OH excluding ortho intramolecular Hbond substituents is 1. The molecule has 1 amide bonds. The van der Waals surface area contributed by atoms with Crippen molar-refractivity contribution >= 4 is 17.8 Å². The van der Waals surface area contributed by atoms with Gasteiger partial charge in [0.2, 0.25) is 0 Å². The van der Waals surface area contributed by atoms with Crippen LogP contribution in [0.3, 0.4) is 0 Å². The van der Waals surface area contributed by atoms with E-state index in [1.54, 1.807) is 19.1 Å². The number of rotatable bonds is 8. The first-order chi connectivity index (χ1) is 13.3. The third kappa shape index (κ3) is 5.70. The lowest BCUT2D eigenvalue weighted by Crippen LogP contribution is -2.24. The van der Waals surface area contributed by atoms with E-state index in [-0.39, 0.29) is 36.0 Å². The molecule has 0 aromatic heterocycles. The molecular weight excluding hydrogens is 366 g/mol. The molecule has 0 radical (unpaired) electrons. The molecule has 0 aliphatic carbocycles. The lowest BCUT2D eigenvalue weighted by molar-refractivity contribution is -0.385. The zero-order valence-electron chi connectivity index (χ0n) is 15.8. The monoisotopic (exact) mass is 387 g/mol. The number of carbonyl (C=O) groups excluding carboxylic acids is 1. The summed E-state index contributed by atoms with van der Waals surface area (Å²) < 4.78 is 10.6. The largest absolute Gasteiger partial charge is 0.504 e. The molecule has 2 N–H and O–H groups in total. The van der Waals surface area contributed by atoms with Crippen LogP contribution in [-0.2, 0) is 4.79 Å². The molecule has 2 aromatic carbocycles. The van der Waals surface area contributed by atoms with Crippen LogP contribution in [0.5, 0.6) is 17.2 Å². The zero-order valence-corrected chi connectivity index (χ0v) is 15.8. The first-order valence-corrected chi connectivity index (χ1v) is 8.47. The quantitative estimate of drug-likeness (QED) is 0.408. The van der Waals surface area contributed by atoms with E-state index in [1.165, 1.54) is 0 Å². The van der Waals surface area contributed by atoms with E-state index in [1.807, 2.05) is 19.9 Å². The van der Waals surface area contributed by atoms with Crippen molar-refractivity contribution in [2.45, 2.75) is 20.8 Å². The maximum absolute atomic E-state index is 11.9. The minimum atomic E-state index is -0.616. The molecule has 0 saturated heterocycles. The Labute approximate surface area is 161 Å². The van der Waals surface area contributed by atoms with Gasteiger partial charge in [-0.25, -0.2) is 5.43 Å². The van der Waals surface area contributed by atoms with Gasteiger partial charge in [-0.3, -0.25) is 14.9 Å². The molecule has 9 nitrogen and oxygen atoms in total. The molecule has 0 unspecified atom stereocenters.